The van der Waals surface area contributed by atoms with Crippen molar-refractivity contribution in [1.82, 2.24) is 5.32 Å². The number of amides is 2. The van der Waals surface area contributed by atoms with Gasteiger partial charge in [-0.1, -0.05) is 42.4 Å². The Morgan fingerprint density at radius 1 is 1.20 bits per heavy atom. The summed E-state index contributed by atoms with van der Waals surface area (Å²) in [4.78, 5) is 29.5. The molecule has 0 unspecified atom stereocenters. The van der Waals surface area contributed by atoms with Gasteiger partial charge >= 0.3 is 0 Å². The number of piperazine rings is 1. The van der Waals surface area contributed by atoms with Crippen molar-refractivity contribution < 1.29 is 19.8 Å². The quantitative estimate of drug-likeness (QED) is 0.445. The number of nitrogens with zero attached hydrogens (tertiary/aromatic N) is 2. The molecule has 1 aromatic rings. The molecule has 7 nitrogen and oxygen atoms in total. The highest BCUT2D eigenvalue weighted by atomic mass is 16.3. The molecular formula is C28H39N3O4. The highest BCUT2D eigenvalue weighted by Gasteiger charge is 2.52. The van der Waals surface area contributed by atoms with Gasteiger partial charge < -0.3 is 25.3 Å². The van der Waals surface area contributed by atoms with Gasteiger partial charge in [-0.3, -0.25) is 9.59 Å². The number of carbonyl (C=O) groups excluding carboxylic acids is 2. The number of allylic oxidation sites excluding steroid dienone is 3. The number of aliphatic hydroxyl groups excluding tert-OH is 1. The molecule has 0 aliphatic carbocycles. The van der Waals surface area contributed by atoms with Crippen molar-refractivity contribution in [2.24, 2.45) is 5.92 Å². The van der Waals surface area contributed by atoms with Crippen LogP contribution >= 0.6 is 0 Å². The number of fused-ring (bicyclic) bond motifs is 1. The summed E-state index contributed by atoms with van der Waals surface area (Å²) in [7, 11) is 0. The van der Waals surface area contributed by atoms with Crippen molar-refractivity contribution in [3.8, 4) is 0 Å². The molecule has 2 aliphatic heterocycles. The molecule has 190 valence electrons. The van der Waals surface area contributed by atoms with E-state index in [1.54, 1.807) is 28.0 Å². The zero-order valence-corrected chi connectivity index (χ0v) is 21.4. The van der Waals surface area contributed by atoms with Crippen LogP contribution in [0.4, 0.5) is 11.4 Å². The Morgan fingerprint density at radius 3 is 2.66 bits per heavy atom. The molecule has 0 saturated carbocycles. The van der Waals surface area contributed by atoms with Crippen LogP contribution in [0.2, 0.25) is 0 Å². The Hall–Kier alpha value is -2.74. The van der Waals surface area contributed by atoms with Crippen LogP contribution in [0.5, 0.6) is 0 Å². The van der Waals surface area contributed by atoms with Crippen molar-refractivity contribution >= 4 is 23.2 Å². The second kappa shape index (κ2) is 11.8. The Morgan fingerprint density at radius 2 is 1.97 bits per heavy atom. The van der Waals surface area contributed by atoms with Crippen molar-refractivity contribution in [2.45, 2.75) is 52.6 Å². The molecule has 2 atom stereocenters. The van der Waals surface area contributed by atoms with Crippen molar-refractivity contribution in [2.75, 3.05) is 42.6 Å². The molecule has 2 aliphatic rings. The van der Waals surface area contributed by atoms with E-state index in [2.05, 4.69) is 32.2 Å². The van der Waals surface area contributed by atoms with E-state index in [0.717, 1.165) is 12.8 Å². The summed E-state index contributed by atoms with van der Waals surface area (Å²) in [6.45, 7) is 9.90. The fourth-order valence-corrected chi connectivity index (χ4v) is 4.62. The maximum atomic E-state index is 13.7. The summed E-state index contributed by atoms with van der Waals surface area (Å²) in [6, 6.07) is 5.48. The Balaban J connectivity index is 1.96. The number of anilines is 2. The molecule has 1 fully saturated rings. The van der Waals surface area contributed by atoms with E-state index in [9.17, 15) is 14.7 Å². The molecule has 7 heteroatoms. The van der Waals surface area contributed by atoms with Gasteiger partial charge in [-0.25, -0.2) is 0 Å². The van der Waals surface area contributed by atoms with E-state index in [-0.39, 0.29) is 25.0 Å². The minimum atomic E-state index is -1.75. The molecule has 35 heavy (non-hydrogen) atoms. The standard InChI is InChI=1S/C28H39N3O4/c1-20(2)8-7-9-21(3)13-15-31-25-12-11-23(30-16-14-29-19-26(30)33)18-24(25)28(35,27(31)34)22(4)10-5-6-17-32/h5,8,10-13,18,22,29,32,35H,6-7,9,14-17,19H2,1-4H3/b10-5+,21-13+/t22-,28+/m0/s1. The van der Waals surface area contributed by atoms with E-state index in [1.807, 2.05) is 25.1 Å². The molecule has 3 N–H and O–H groups in total. The van der Waals surface area contributed by atoms with E-state index < -0.39 is 11.5 Å². The summed E-state index contributed by atoms with van der Waals surface area (Å²) in [5.41, 5.74) is 2.59. The smallest absolute Gasteiger partial charge is 0.264 e. The molecule has 0 spiro atoms. The average Bonchev–Trinajstić information content (AvgIpc) is 3.04. The van der Waals surface area contributed by atoms with Gasteiger partial charge in [0.2, 0.25) is 5.91 Å². The molecule has 0 bridgehead atoms. The minimum absolute atomic E-state index is 0.00434. The number of hydrogen-bond donors (Lipinski definition) is 3. The molecule has 3 rings (SSSR count). The Kier molecular flexibility index (Phi) is 9.05. The topological polar surface area (TPSA) is 93.1 Å². The highest BCUT2D eigenvalue weighted by molar-refractivity contribution is 6.08. The number of benzene rings is 1. The van der Waals surface area contributed by atoms with Crippen LogP contribution in [0.25, 0.3) is 0 Å². The van der Waals surface area contributed by atoms with Crippen molar-refractivity contribution in [1.29, 1.82) is 0 Å². The first-order chi connectivity index (χ1) is 16.7. The van der Waals surface area contributed by atoms with Crippen LogP contribution < -0.4 is 15.1 Å². The van der Waals surface area contributed by atoms with Crippen LogP contribution in [0.1, 0.15) is 52.5 Å². The fraction of sp³-hybridized carbons (Fsp3) is 0.500. The first-order valence-electron chi connectivity index (χ1n) is 12.5. The third-order valence-corrected chi connectivity index (χ3v) is 6.75. The second-order valence-electron chi connectivity index (χ2n) is 9.71. The van der Waals surface area contributed by atoms with E-state index in [0.29, 0.717) is 43.0 Å². The lowest BCUT2D eigenvalue weighted by Crippen LogP contribution is -2.48. The first-order valence-corrected chi connectivity index (χ1v) is 12.5. The second-order valence-corrected chi connectivity index (χ2v) is 9.71. The lowest BCUT2D eigenvalue weighted by molar-refractivity contribution is -0.139. The Labute approximate surface area is 208 Å². The number of aliphatic hydroxyl groups is 2. The van der Waals surface area contributed by atoms with Crippen LogP contribution in [-0.4, -0.2) is 54.8 Å². The lowest BCUT2D eigenvalue weighted by atomic mass is 9.82. The summed E-state index contributed by atoms with van der Waals surface area (Å²) < 4.78 is 0. The zero-order valence-electron chi connectivity index (χ0n) is 21.4. The molecular weight excluding hydrogens is 442 g/mol. The van der Waals surface area contributed by atoms with Gasteiger partial charge in [0.15, 0.2) is 5.60 Å². The van der Waals surface area contributed by atoms with Gasteiger partial charge in [0.05, 0.1) is 12.2 Å². The monoisotopic (exact) mass is 481 g/mol. The predicted octanol–water partition coefficient (Wildman–Crippen LogP) is 3.42. The summed E-state index contributed by atoms with van der Waals surface area (Å²) in [6.07, 6.45) is 10.1. The van der Waals surface area contributed by atoms with E-state index >= 15 is 0 Å². The molecule has 1 saturated heterocycles. The first kappa shape index (κ1) is 26.9. The maximum absolute atomic E-state index is 13.7. The average molecular weight is 482 g/mol. The third kappa shape index (κ3) is 5.92. The molecule has 0 radical (unpaired) electrons. The molecule has 2 amide bonds. The predicted molar refractivity (Wildman–Crippen MR) is 140 cm³/mol. The van der Waals surface area contributed by atoms with Crippen LogP contribution in [-0.2, 0) is 15.2 Å². The van der Waals surface area contributed by atoms with Gasteiger partial charge in [0.1, 0.15) is 0 Å². The SMILES string of the molecule is CC(C)=CCC/C(C)=C/CN1C(=O)[C@@](O)([C@@H](C)/C=C/CCO)c2cc(N3CCNCC3=O)ccc21. The van der Waals surface area contributed by atoms with Crippen LogP contribution in [0.15, 0.2) is 53.6 Å². The third-order valence-electron chi connectivity index (χ3n) is 6.75. The van der Waals surface area contributed by atoms with E-state index in [4.69, 9.17) is 5.11 Å². The fourth-order valence-electron chi connectivity index (χ4n) is 4.62. The number of rotatable bonds is 10. The van der Waals surface area contributed by atoms with Gasteiger partial charge in [0, 0.05) is 43.4 Å². The van der Waals surface area contributed by atoms with Crippen LogP contribution in [0.3, 0.4) is 0 Å². The van der Waals surface area contributed by atoms with Gasteiger partial charge in [-0.15, -0.1) is 0 Å². The minimum Gasteiger partial charge on any atom is -0.396 e. The molecule has 2 heterocycles. The van der Waals surface area contributed by atoms with E-state index in [1.165, 1.54) is 11.1 Å². The zero-order chi connectivity index (χ0) is 25.6. The van der Waals surface area contributed by atoms with Gasteiger partial charge in [-0.05, 0) is 58.2 Å². The number of nitrogens with one attached hydrogen (secondary N) is 1. The van der Waals surface area contributed by atoms with Crippen molar-refractivity contribution in [3.63, 3.8) is 0 Å². The number of hydrogen-bond acceptors (Lipinski definition) is 5. The largest absolute Gasteiger partial charge is 0.396 e. The lowest BCUT2D eigenvalue weighted by Gasteiger charge is -2.30. The van der Waals surface area contributed by atoms with Gasteiger partial charge in [0.25, 0.3) is 5.91 Å². The Bertz CT molecular complexity index is 1030. The molecule has 0 aromatic heterocycles. The summed E-state index contributed by atoms with van der Waals surface area (Å²) in [5, 5.41) is 24.1. The normalized spacial score (nSPS) is 21.6. The summed E-state index contributed by atoms with van der Waals surface area (Å²) >= 11 is 0. The highest BCUT2D eigenvalue weighted by Crippen LogP contribution is 2.46. The maximum Gasteiger partial charge on any atom is 0.264 e. The summed E-state index contributed by atoms with van der Waals surface area (Å²) in [5.74, 6) is -0.917. The van der Waals surface area contributed by atoms with Crippen molar-refractivity contribution in [3.05, 3.63) is 59.2 Å². The number of carbonyl (C=O) groups is 2. The van der Waals surface area contributed by atoms with Gasteiger partial charge in [-0.2, -0.15) is 0 Å². The molecule has 1 aromatic carbocycles. The van der Waals surface area contributed by atoms with Crippen LogP contribution in [0, 0.1) is 5.92 Å².